The molecule has 3 rings (SSSR count). The van der Waals surface area contributed by atoms with Crippen LogP contribution in [0, 0.1) is 6.92 Å². The summed E-state index contributed by atoms with van der Waals surface area (Å²) in [6.45, 7) is 5.61. The molecule has 0 saturated carbocycles. The number of aryl methyl sites for hydroxylation is 1. The molecule has 0 unspecified atom stereocenters. The van der Waals surface area contributed by atoms with Gasteiger partial charge in [0.2, 0.25) is 5.82 Å². The molecule has 1 aliphatic heterocycles. The average molecular weight is 332 g/mol. The molecule has 0 bridgehead atoms. The van der Waals surface area contributed by atoms with Crippen molar-refractivity contribution in [3.05, 3.63) is 41.9 Å². The molecule has 0 fully saturated rings. The van der Waals surface area contributed by atoms with Gasteiger partial charge in [-0.2, -0.15) is 13.4 Å². The van der Waals surface area contributed by atoms with Crippen LogP contribution in [0.25, 0.3) is 17.0 Å². The molecule has 23 heavy (non-hydrogen) atoms. The van der Waals surface area contributed by atoms with E-state index in [0.717, 1.165) is 15.4 Å². The maximum atomic E-state index is 11.9. The van der Waals surface area contributed by atoms with Crippen LogP contribution in [-0.4, -0.2) is 35.1 Å². The van der Waals surface area contributed by atoms with Crippen LogP contribution in [0.4, 0.5) is 0 Å². The first-order valence-corrected chi connectivity index (χ1v) is 8.52. The molecule has 0 amide bonds. The molecule has 0 spiro atoms. The van der Waals surface area contributed by atoms with Crippen molar-refractivity contribution < 1.29 is 12.9 Å². The summed E-state index contributed by atoms with van der Waals surface area (Å²) in [7, 11) is -3.66. The van der Waals surface area contributed by atoms with Gasteiger partial charge in [-0.1, -0.05) is 35.0 Å². The summed E-state index contributed by atoms with van der Waals surface area (Å²) in [6.07, 6.45) is 1.48. The minimum Gasteiger partial charge on any atom is -0.333 e. The lowest BCUT2D eigenvalue weighted by atomic mass is 10.1. The van der Waals surface area contributed by atoms with Gasteiger partial charge in [0.05, 0.1) is 11.3 Å². The highest BCUT2D eigenvalue weighted by Crippen LogP contribution is 2.25. The Kier molecular flexibility index (Phi) is 3.77. The third kappa shape index (κ3) is 2.89. The molecule has 7 nitrogen and oxygen atoms in total. The molecule has 0 saturated heterocycles. The van der Waals surface area contributed by atoms with E-state index in [1.165, 1.54) is 6.20 Å². The Morgan fingerprint density at radius 1 is 1.17 bits per heavy atom. The highest BCUT2D eigenvalue weighted by Gasteiger charge is 2.27. The summed E-state index contributed by atoms with van der Waals surface area (Å²) >= 11 is 0. The number of hydrogen-bond donors (Lipinski definition) is 0. The van der Waals surface area contributed by atoms with Gasteiger partial charge in [-0.25, -0.2) is 0 Å². The van der Waals surface area contributed by atoms with Gasteiger partial charge in [-0.05, 0) is 20.8 Å². The van der Waals surface area contributed by atoms with Gasteiger partial charge in [0.25, 0.3) is 5.89 Å². The Bertz CT molecular complexity index is 895. The van der Waals surface area contributed by atoms with E-state index in [4.69, 9.17) is 4.52 Å². The summed E-state index contributed by atoms with van der Waals surface area (Å²) in [5.74, 6) is 0.695. The summed E-state index contributed by atoms with van der Waals surface area (Å²) in [6, 6.07) is 7.73. The Morgan fingerprint density at radius 2 is 1.87 bits per heavy atom. The lowest BCUT2D eigenvalue weighted by Crippen LogP contribution is -2.29. The van der Waals surface area contributed by atoms with E-state index >= 15 is 0 Å². The standard InChI is InChI=1S/C15H16N4O3S/c1-4-19-9-13(11(3)18-23(19,20)21)15-16-14(17-22-15)12-7-5-10(2)6-8-12/h5-9H,4H2,1-3H3. The lowest BCUT2D eigenvalue weighted by molar-refractivity contribution is 0.408. The Balaban J connectivity index is 1.98. The van der Waals surface area contributed by atoms with Crippen molar-refractivity contribution in [3.8, 4) is 11.4 Å². The first kappa shape index (κ1) is 15.4. The molecular weight excluding hydrogens is 316 g/mol. The van der Waals surface area contributed by atoms with E-state index < -0.39 is 10.2 Å². The minimum absolute atomic E-state index is 0.246. The molecule has 2 heterocycles. The minimum atomic E-state index is -3.66. The number of hydrogen-bond acceptors (Lipinski definition) is 5. The Labute approximate surface area is 134 Å². The average Bonchev–Trinajstić information content (AvgIpc) is 2.97. The summed E-state index contributed by atoms with van der Waals surface area (Å²) in [4.78, 5) is 4.35. The number of nitrogens with zero attached hydrogens (tertiary/aromatic N) is 4. The molecule has 120 valence electrons. The fraction of sp³-hybridized carbons (Fsp3) is 0.267. The largest absolute Gasteiger partial charge is 0.344 e. The second-order valence-corrected chi connectivity index (χ2v) is 6.74. The van der Waals surface area contributed by atoms with Crippen LogP contribution in [-0.2, 0) is 10.2 Å². The topological polar surface area (TPSA) is 88.7 Å². The maximum absolute atomic E-state index is 11.9. The number of rotatable bonds is 3. The van der Waals surface area contributed by atoms with Gasteiger partial charge < -0.3 is 4.52 Å². The van der Waals surface area contributed by atoms with Gasteiger partial charge in [0.15, 0.2) is 0 Å². The van der Waals surface area contributed by atoms with Crippen LogP contribution >= 0.6 is 0 Å². The second-order valence-electron chi connectivity index (χ2n) is 5.19. The fourth-order valence-electron chi connectivity index (χ4n) is 2.20. The van der Waals surface area contributed by atoms with Gasteiger partial charge in [-0.3, -0.25) is 4.31 Å². The zero-order valence-corrected chi connectivity index (χ0v) is 13.8. The smallest absolute Gasteiger partial charge is 0.333 e. The summed E-state index contributed by atoms with van der Waals surface area (Å²) in [5.41, 5.74) is 2.80. The number of benzene rings is 1. The van der Waals surface area contributed by atoms with Crippen molar-refractivity contribution in [2.45, 2.75) is 20.8 Å². The molecule has 1 aromatic heterocycles. The Morgan fingerprint density at radius 3 is 2.52 bits per heavy atom. The quantitative estimate of drug-likeness (QED) is 0.861. The van der Waals surface area contributed by atoms with E-state index in [1.807, 2.05) is 31.2 Å². The van der Waals surface area contributed by atoms with Crippen LogP contribution in [0.2, 0.25) is 0 Å². The van der Waals surface area contributed by atoms with Crippen molar-refractivity contribution in [3.63, 3.8) is 0 Å². The van der Waals surface area contributed by atoms with E-state index in [2.05, 4.69) is 14.5 Å². The monoisotopic (exact) mass is 332 g/mol. The van der Waals surface area contributed by atoms with E-state index in [0.29, 0.717) is 17.1 Å². The van der Waals surface area contributed by atoms with Crippen molar-refractivity contribution in [1.29, 1.82) is 0 Å². The van der Waals surface area contributed by atoms with E-state index in [9.17, 15) is 8.42 Å². The van der Waals surface area contributed by atoms with Gasteiger partial charge in [0, 0.05) is 18.3 Å². The predicted octanol–water partition coefficient (Wildman–Crippen LogP) is 2.43. The SMILES string of the molecule is CCN1C=C(c2nc(-c3ccc(C)cc3)no2)C(C)=NS1(=O)=O. The fourth-order valence-corrected chi connectivity index (χ4v) is 3.31. The van der Waals surface area contributed by atoms with Crippen LogP contribution in [0.3, 0.4) is 0 Å². The van der Waals surface area contributed by atoms with Crippen molar-refractivity contribution in [2.24, 2.45) is 4.40 Å². The van der Waals surface area contributed by atoms with E-state index in [-0.39, 0.29) is 12.4 Å². The molecular formula is C15H16N4O3S. The molecule has 1 aromatic carbocycles. The number of aromatic nitrogens is 2. The highest BCUT2D eigenvalue weighted by molar-refractivity contribution is 7.88. The molecule has 0 atom stereocenters. The number of allylic oxidation sites excluding steroid dienone is 1. The summed E-state index contributed by atoms with van der Waals surface area (Å²) in [5, 5.41) is 3.96. The van der Waals surface area contributed by atoms with Gasteiger partial charge in [0.1, 0.15) is 0 Å². The van der Waals surface area contributed by atoms with Gasteiger partial charge in [-0.15, -0.1) is 4.40 Å². The third-order valence-electron chi connectivity index (χ3n) is 3.49. The lowest BCUT2D eigenvalue weighted by Gasteiger charge is -2.20. The molecule has 0 N–H and O–H groups in total. The Hall–Kier alpha value is -2.48. The second kappa shape index (κ2) is 5.62. The van der Waals surface area contributed by atoms with Crippen molar-refractivity contribution >= 4 is 21.5 Å². The molecule has 8 heteroatoms. The first-order valence-electron chi connectivity index (χ1n) is 7.12. The third-order valence-corrected chi connectivity index (χ3v) is 4.95. The van der Waals surface area contributed by atoms with Crippen LogP contribution in [0.15, 0.2) is 39.4 Å². The van der Waals surface area contributed by atoms with Crippen LogP contribution in [0.1, 0.15) is 25.3 Å². The van der Waals surface area contributed by atoms with Crippen molar-refractivity contribution in [1.82, 2.24) is 14.4 Å². The zero-order chi connectivity index (χ0) is 16.6. The zero-order valence-electron chi connectivity index (χ0n) is 13.0. The van der Waals surface area contributed by atoms with Crippen molar-refractivity contribution in [2.75, 3.05) is 6.54 Å². The maximum Gasteiger partial charge on any atom is 0.344 e. The van der Waals surface area contributed by atoms with Crippen LogP contribution in [0.5, 0.6) is 0 Å². The molecule has 2 aromatic rings. The van der Waals surface area contributed by atoms with Gasteiger partial charge >= 0.3 is 10.2 Å². The first-order chi connectivity index (χ1) is 10.9. The molecule has 0 radical (unpaired) electrons. The normalized spacial score (nSPS) is 16.9. The highest BCUT2D eigenvalue weighted by atomic mass is 32.2. The predicted molar refractivity (Wildman–Crippen MR) is 86.9 cm³/mol. The molecule has 0 aliphatic carbocycles. The van der Waals surface area contributed by atoms with E-state index in [1.54, 1.807) is 13.8 Å². The van der Waals surface area contributed by atoms with Crippen LogP contribution < -0.4 is 0 Å². The summed E-state index contributed by atoms with van der Waals surface area (Å²) < 4.78 is 33.9. The molecule has 1 aliphatic rings.